The van der Waals surface area contributed by atoms with Crippen LogP contribution in [-0.2, 0) is 4.79 Å². The van der Waals surface area contributed by atoms with Gasteiger partial charge in [0.25, 0.3) is 5.91 Å². The minimum absolute atomic E-state index is 0.0686. The van der Waals surface area contributed by atoms with E-state index in [1.54, 1.807) is 48.5 Å². The number of aromatic nitrogens is 1. The van der Waals surface area contributed by atoms with Gasteiger partial charge in [-0.05, 0) is 36.8 Å². The predicted molar refractivity (Wildman–Crippen MR) is 86.8 cm³/mol. The molecule has 3 rings (SSSR count). The van der Waals surface area contributed by atoms with E-state index in [2.05, 4.69) is 10.3 Å². The van der Waals surface area contributed by atoms with Gasteiger partial charge >= 0.3 is 0 Å². The van der Waals surface area contributed by atoms with Crippen molar-refractivity contribution in [3.63, 3.8) is 0 Å². The Morgan fingerprint density at radius 2 is 2.22 bits per heavy atom. The number of methoxy groups -OCH3 is 1. The molecule has 118 valence electrons. The molecule has 23 heavy (non-hydrogen) atoms. The molecular weight excluding hydrogens is 294 g/mol. The molecule has 2 aromatic rings. The monoisotopic (exact) mass is 311 g/mol. The first kappa shape index (κ1) is 15.0. The fourth-order valence-electron chi connectivity index (χ4n) is 2.58. The van der Waals surface area contributed by atoms with Crippen molar-refractivity contribution >= 4 is 23.2 Å². The van der Waals surface area contributed by atoms with Gasteiger partial charge in [-0.15, -0.1) is 0 Å². The van der Waals surface area contributed by atoms with E-state index in [9.17, 15) is 9.59 Å². The summed E-state index contributed by atoms with van der Waals surface area (Å²) in [5.74, 6) is 0.431. The summed E-state index contributed by atoms with van der Waals surface area (Å²) in [5, 5.41) is 2.82. The molecule has 0 aliphatic carbocycles. The zero-order chi connectivity index (χ0) is 16.2. The van der Waals surface area contributed by atoms with Crippen molar-refractivity contribution in [2.24, 2.45) is 0 Å². The number of ether oxygens (including phenoxy) is 1. The van der Waals surface area contributed by atoms with Crippen LogP contribution in [0.25, 0.3) is 0 Å². The molecule has 0 bridgehead atoms. The zero-order valence-corrected chi connectivity index (χ0v) is 12.8. The average Bonchev–Trinajstić information content (AvgIpc) is 3.01. The number of amides is 2. The zero-order valence-electron chi connectivity index (χ0n) is 12.8. The molecule has 2 heterocycles. The topological polar surface area (TPSA) is 71.5 Å². The van der Waals surface area contributed by atoms with Gasteiger partial charge in [-0.2, -0.15) is 0 Å². The van der Waals surface area contributed by atoms with Gasteiger partial charge in [0.15, 0.2) is 0 Å². The summed E-state index contributed by atoms with van der Waals surface area (Å²) in [4.78, 5) is 29.8. The van der Waals surface area contributed by atoms with Crippen LogP contribution in [0.3, 0.4) is 0 Å². The molecule has 2 amide bonds. The van der Waals surface area contributed by atoms with Crippen LogP contribution in [0.2, 0.25) is 0 Å². The number of carbonyl (C=O) groups excluding carboxylic acids is 2. The Balaban J connectivity index is 1.86. The molecule has 1 saturated heterocycles. The van der Waals surface area contributed by atoms with E-state index in [0.29, 0.717) is 35.7 Å². The Labute approximate surface area is 134 Å². The van der Waals surface area contributed by atoms with Crippen molar-refractivity contribution in [1.29, 1.82) is 0 Å². The predicted octanol–water partition coefficient (Wildman–Crippen LogP) is 2.47. The smallest absolute Gasteiger partial charge is 0.257 e. The number of carbonyl (C=O) groups is 2. The molecule has 1 aliphatic rings. The van der Waals surface area contributed by atoms with Gasteiger partial charge in [-0.3, -0.25) is 14.6 Å². The van der Waals surface area contributed by atoms with E-state index < -0.39 is 0 Å². The van der Waals surface area contributed by atoms with Crippen molar-refractivity contribution < 1.29 is 14.3 Å². The molecule has 0 spiro atoms. The molecule has 0 radical (unpaired) electrons. The van der Waals surface area contributed by atoms with Gasteiger partial charge in [0.2, 0.25) is 5.91 Å². The van der Waals surface area contributed by atoms with Crippen molar-refractivity contribution in [2.75, 3.05) is 23.9 Å². The summed E-state index contributed by atoms with van der Waals surface area (Å²) < 4.78 is 5.33. The van der Waals surface area contributed by atoms with Crippen LogP contribution in [0, 0.1) is 0 Å². The fraction of sp³-hybridized carbons (Fsp3) is 0.235. The lowest BCUT2D eigenvalue weighted by Gasteiger charge is -2.20. The highest BCUT2D eigenvalue weighted by Crippen LogP contribution is 2.34. The Morgan fingerprint density at radius 1 is 1.35 bits per heavy atom. The van der Waals surface area contributed by atoms with E-state index in [1.807, 2.05) is 0 Å². The molecule has 0 saturated carbocycles. The summed E-state index contributed by atoms with van der Waals surface area (Å²) in [6.45, 7) is 0.662. The number of benzene rings is 1. The third-order valence-corrected chi connectivity index (χ3v) is 3.72. The Morgan fingerprint density at radius 3 is 2.87 bits per heavy atom. The first-order valence-corrected chi connectivity index (χ1v) is 7.39. The fourth-order valence-corrected chi connectivity index (χ4v) is 2.58. The number of nitrogens with one attached hydrogen (secondary N) is 1. The van der Waals surface area contributed by atoms with Crippen LogP contribution in [0.1, 0.15) is 23.2 Å². The minimum Gasteiger partial charge on any atom is -0.495 e. The number of hydrogen-bond donors (Lipinski definition) is 1. The molecule has 1 aliphatic heterocycles. The van der Waals surface area contributed by atoms with E-state index in [0.717, 1.165) is 6.42 Å². The normalized spacial score (nSPS) is 14.0. The van der Waals surface area contributed by atoms with Gasteiger partial charge in [-0.25, -0.2) is 0 Å². The summed E-state index contributed by atoms with van der Waals surface area (Å²) in [6.07, 6.45) is 4.48. The largest absolute Gasteiger partial charge is 0.495 e. The molecule has 1 fully saturated rings. The highest BCUT2D eigenvalue weighted by molar-refractivity contribution is 6.05. The second-order valence-corrected chi connectivity index (χ2v) is 5.23. The van der Waals surface area contributed by atoms with Crippen molar-refractivity contribution in [3.8, 4) is 5.75 Å². The molecule has 1 aromatic heterocycles. The average molecular weight is 311 g/mol. The van der Waals surface area contributed by atoms with Gasteiger partial charge < -0.3 is 15.0 Å². The van der Waals surface area contributed by atoms with Gasteiger partial charge in [0.1, 0.15) is 5.75 Å². The molecule has 0 atom stereocenters. The number of anilines is 2. The van der Waals surface area contributed by atoms with Crippen LogP contribution in [-0.4, -0.2) is 30.5 Å². The standard InChI is InChI=1S/C17H17N3O3/c1-23-15-7-6-13(10-14(15)20-9-3-5-16(20)21)19-17(22)12-4-2-8-18-11-12/h2,4,6-8,10-11H,3,5,9H2,1H3,(H,19,22). The first-order chi connectivity index (χ1) is 11.2. The summed E-state index contributed by atoms with van der Waals surface area (Å²) in [6, 6.07) is 8.65. The molecule has 6 heteroatoms. The maximum atomic E-state index is 12.2. The lowest BCUT2D eigenvalue weighted by molar-refractivity contribution is -0.117. The van der Waals surface area contributed by atoms with Crippen LogP contribution in [0.15, 0.2) is 42.7 Å². The second kappa shape index (κ2) is 6.48. The van der Waals surface area contributed by atoms with Crippen molar-refractivity contribution in [1.82, 2.24) is 4.98 Å². The molecule has 6 nitrogen and oxygen atoms in total. The number of pyridine rings is 1. The highest BCUT2D eigenvalue weighted by atomic mass is 16.5. The molecule has 1 N–H and O–H groups in total. The molecule has 0 unspecified atom stereocenters. The van der Waals surface area contributed by atoms with E-state index in [4.69, 9.17) is 4.74 Å². The van der Waals surface area contributed by atoms with Gasteiger partial charge in [0, 0.05) is 31.0 Å². The molecular formula is C17H17N3O3. The van der Waals surface area contributed by atoms with E-state index >= 15 is 0 Å². The Bertz CT molecular complexity index is 731. The third kappa shape index (κ3) is 3.15. The quantitative estimate of drug-likeness (QED) is 0.941. The van der Waals surface area contributed by atoms with Crippen LogP contribution in [0.4, 0.5) is 11.4 Å². The van der Waals surface area contributed by atoms with Gasteiger partial charge in [0.05, 0.1) is 18.4 Å². The third-order valence-electron chi connectivity index (χ3n) is 3.72. The summed E-state index contributed by atoms with van der Waals surface area (Å²) in [7, 11) is 1.56. The van der Waals surface area contributed by atoms with E-state index in [-0.39, 0.29) is 11.8 Å². The SMILES string of the molecule is COc1ccc(NC(=O)c2cccnc2)cc1N1CCCC1=O. The van der Waals surface area contributed by atoms with Crippen molar-refractivity contribution in [3.05, 3.63) is 48.3 Å². The highest BCUT2D eigenvalue weighted by Gasteiger charge is 2.24. The minimum atomic E-state index is -0.248. The number of nitrogens with zero attached hydrogens (tertiary/aromatic N) is 2. The van der Waals surface area contributed by atoms with Crippen molar-refractivity contribution in [2.45, 2.75) is 12.8 Å². The molecule has 1 aromatic carbocycles. The van der Waals surface area contributed by atoms with Gasteiger partial charge in [-0.1, -0.05) is 0 Å². The van der Waals surface area contributed by atoms with Crippen LogP contribution >= 0.6 is 0 Å². The number of hydrogen-bond acceptors (Lipinski definition) is 4. The van der Waals surface area contributed by atoms with E-state index in [1.165, 1.54) is 6.20 Å². The Hall–Kier alpha value is -2.89. The number of rotatable bonds is 4. The summed E-state index contributed by atoms with van der Waals surface area (Å²) >= 11 is 0. The lowest BCUT2D eigenvalue weighted by Crippen LogP contribution is -2.24. The Kier molecular flexibility index (Phi) is 4.23. The summed E-state index contributed by atoms with van der Waals surface area (Å²) in [5.41, 5.74) is 1.76. The maximum absolute atomic E-state index is 12.2. The first-order valence-electron chi connectivity index (χ1n) is 7.39. The lowest BCUT2D eigenvalue weighted by atomic mass is 10.2. The second-order valence-electron chi connectivity index (χ2n) is 5.23. The maximum Gasteiger partial charge on any atom is 0.257 e. The van der Waals surface area contributed by atoms with Crippen LogP contribution < -0.4 is 15.0 Å². The van der Waals surface area contributed by atoms with Crippen LogP contribution in [0.5, 0.6) is 5.75 Å².